The molecule has 1 rings (SSSR count). The maximum atomic E-state index is 10.8. The third-order valence-corrected chi connectivity index (χ3v) is 1.32. The first-order valence-electron chi connectivity index (χ1n) is 3.50. The molecular weight excluding hydrogens is 156 g/mol. The molecular formula is C8H9N2O2+. The highest BCUT2D eigenvalue weighted by molar-refractivity contribution is 5.84. The molecule has 0 radical (unpaired) electrons. The fourth-order valence-corrected chi connectivity index (χ4v) is 0.817. The number of pyridine rings is 1. The zero-order chi connectivity index (χ0) is 8.81. The second-order valence-corrected chi connectivity index (χ2v) is 2.23. The number of carbonyl (C=O) groups excluding carboxylic acids is 2. The molecule has 1 N–H and O–H groups in total. The van der Waals surface area contributed by atoms with E-state index in [0.717, 1.165) is 0 Å². The van der Waals surface area contributed by atoms with Crippen molar-refractivity contribution in [3.8, 4) is 0 Å². The van der Waals surface area contributed by atoms with Gasteiger partial charge in [-0.1, -0.05) is 6.07 Å². The minimum atomic E-state index is -0.318. The second-order valence-electron chi connectivity index (χ2n) is 2.23. The Morgan fingerprint density at radius 1 is 1.33 bits per heavy atom. The minimum Gasteiger partial charge on any atom is -0.294 e. The van der Waals surface area contributed by atoms with Gasteiger partial charge in [-0.3, -0.25) is 14.9 Å². The largest absolute Gasteiger partial charge is 0.294 e. The van der Waals surface area contributed by atoms with Crippen LogP contribution in [-0.4, -0.2) is 12.3 Å². The van der Waals surface area contributed by atoms with Gasteiger partial charge in [0, 0.05) is 12.1 Å². The summed E-state index contributed by atoms with van der Waals surface area (Å²) >= 11 is 0. The summed E-state index contributed by atoms with van der Waals surface area (Å²) in [5.41, 5.74) is 0. The average Bonchev–Trinajstić information content (AvgIpc) is 2.06. The summed E-state index contributed by atoms with van der Waals surface area (Å²) in [6.07, 6.45) is 3.89. The van der Waals surface area contributed by atoms with Crippen LogP contribution in [-0.2, 0) is 16.1 Å². The molecule has 4 heteroatoms. The van der Waals surface area contributed by atoms with Crippen molar-refractivity contribution in [1.82, 2.24) is 5.32 Å². The van der Waals surface area contributed by atoms with Crippen LogP contribution in [0.3, 0.4) is 0 Å². The van der Waals surface area contributed by atoms with Crippen LogP contribution in [0.25, 0.3) is 0 Å². The van der Waals surface area contributed by atoms with Crippen molar-refractivity contribution in [3.63, 3.8) is 0 Å². The van der Waals surface area contributed by atoms with E-state index < -0.39 is 0 Å². The fourth-order valence-electron chi connectivity index (χ4n) is 0.817. The molecule has 2 amide bonds. The number of aromatic nitrogens is 1. The van der Waals surface area contributed by atoms with Crippen molar-refractivity contribution < 1.29 is 14.2 Å². The van der Waals surface area contributed by atoms with Crippen LogP contribution in [0.15, 0.2) is 30.6 Å². The lowest BCUT2D eigenvalue weighted by Crippen LogP contribution is -2.41. The van der Waals surface area contributed by atoms with Gasteiger partial charge in [0.1, 0.15) is 0 Å². The molecule has 0 atom stereocenters. The van der Waals surface area contributed by atoms with E-state index in [1.54, 1.807) is 17.0 Å². The molecule has 1 aromatic rings. The number of carbonyl (C=O) groups is 2. The van der Waals surface area contributed by atoms with Crippen LogP contribution in [0.1, 0.15) is 0 Å². The molecule has 62 valence electrons. The first kappa shape index (κ1) is 8.39. The van der Waals surface area contributed by atoms with Crippen molar-refractivity contribution in [2.24, 2.45) is 0 Å². The molecule has 0 bridgehead atoms. The average molecular weight is 165 g/mol. The number of hydrogen-bond donors (Lipinski definition) is 1. The van der Waals surface area contributed by atoms with E-state index in [-0.39, 0.29) is 12.5 Å². The molecule has 0 saturated heterocycles. The Bertz CT molecular complexity index is 272. The zero-order valence-electron chi connectivity index (χ0n) is 6.43. The lowest BCUT2D eigenvalue weighted by Gasteiger charge is -1.93. The van der Waals surface area contributed by atoms with Gasteiger partial charge in [0.05, 0.1) is 0 Å². The maximum absolute atomic E-state index is 10.8. The Kier molecular flexibility index (Phi) is 2.95. The molecule has 0 saturated carbocycles. The highest BCUT2D eigenvalue weighted by Gasteiger charge is 2.05. The molecule has 0 spiro atoms. The van der Waals surface area contributed by atoms with Gasteiger partial charge < -0.3 is 0 Å². The molecule has 12 heavy (non-hydrogen) atoms. The molecule has 1 aromatic heterocycles. The van der Waals surface area contributed by atoms with Gasteiger partial charge in [-0.2, -0.15) is 4.57 Å². The van der Waals surface area contributed by atoms with E-state index in [4.69, 9.17) is 0 Å². The Morgan fingerprint density at radius 2 is 2.00 bits per heavy atom. The van der Waals surface area contributed by atoms with Crippen LogP contribution >= 0.6 is 0 Å². The summed E-state index contributed by atoms with van der Waals surface area (Å²) in [4.78, 5) is 20.7. The van der Waals surface area contributed by atoms with Gasteiger partial charge in [0.15, 0.2) is 12.4 Å². The molecule has 4 nitrogen and oxygen atoms in total. The lowest BCUT2D eigenvalue weighted by molar-refractivity contribution is -0.684. The standard InChI is InChI=1S/C8H8N2O2/c11-7-9-8(12)6-10-4-2-1-3-5-10/h1-5,7H,6H2/p+1. The van der Waals surface area contributed by atoms with Crippen LogP contribution in [0.5, 0.6) is 0 Å². The number of rotatable bonds is 3. The predicted molar refractivity (Wildman–Crippen MR) is 40.8 cm³/mol. The Hall–Kier alpha value is -1.71. The molecule has 0 aliphatic carbocycles. The minimum absolute atomic E-state index is 0.166. The summed E-state index contributed by atoms with van der Waals surface area (Å²) in [6.45, 7) is 0.166. The quantitative estimate of drug-likeness (QED) is 0.473. The van der Waals surface area contributed by atoms with Crippen LogP contribution in [0, 0.1) is 0 Å². The number of amides is 2. The second kappa shape index (κ2) is 4.23. The van der Waals surface area contributed by atoms with E-state index in [1.807, 2.05) is 18.2 Å². The summed E-state index contributed by atoms with van der Waals surface area (Å²) in [5, 5.41) is 2.05. The van der Waals surface area contributed by atoms with E-state index in [2.05, 4.69) is 5.32 Å². The van der Waals surface area contributed by atoms with Gasteiger partial charge >= 0.3 is 0 Å². The van der Waals surface area contributed by atoms with Crippen molar-refractivity contribution in [2.75, 3.05) is 0 Å². The summed E-state index contributed by atoms with van der Waals surface area (Å²) in [7, 11) is 0. The van der Waals surface area contributed by atoms with Crippen molar-refractivity contribution in [3.05, 3.63) is 30.6 Å². The number of imide groups is 1. The van der Waals surface area contributed by atoms with Gasteiger partial charge in [-0.05, 0) is 0 Å². The van der Waals surface area contributed by atoms with E-state index in [1.165, 1.54) is 0 Å². The van der Waals surface area contributed by atoms with Gasteiger partial charge in [0.2, 0.25) is 13.0 Å². The summed E-state index contributed by atoms with van der Waals surface area (Å²) in [5.74, 6) is -0.318. The Morgan fingerprint density at radius 3 is 2.58 bits per heavy atom. The van der Waals surface area contributed by atoms with E-state index >= 15 is 0 Å². The zero-order valence-corrected chi connectivity index (χ0v) is 6.43. The molecule has 0 aromatic carbocycles. The lowest BCUT2D eigenvalue weighted by atomic mass is 10.4. The highest BCUT2D eigenvalue weighted by atomic mass is 16.2. The molecule has 0 aliphatic rings. The first-order valence-corrected chi connectivity index (χ1v) is 3.50. The molecule has 1 heterocycles. The highest BCUT2D eigenvalue weighted by Crippen LogP contribution is 1.76. The van der Waals surface area contributed by atoms with Crippen LogP contribution in [0.2, 0.25) is 0 Å². The normalized spacial score (nSPS) is 9.00. The van der Waals surface area contributed by atoms with Crippen molar-refractivity contribution >= 4 is 12.3 Å². The first-order chi connectivity index (χ1) is 5.83. The monoisotopic (exact) mass is 165 g/mol. The molecule has 0 fully saturated rings. The summed E-state index contributed by atoms with van der Waals surface area (Å²) < 4.78 is 1.68. The Balaban J connectivity index is 2.52. The van der Waals surface area contributed by atoms with E-state index in [9.17, 15) is 9.59 Å². The third-order valence-electron chi connectivity index (χ3n) is 1.32. The van der Waals surface area contributed by atoms with Crippen LogP contribution < -0.4 is 9.88 Å². The number of hydrogen-bond acceptors (Lipinski definition) is 2. The molecule has 0 unspecified atom stereocenters. The van der Waals surface area contributed by atoms with Crippen molar-refractivity contribution in [2.45, 2.75) is 6.54 Å². The smallest absolute Gasteiger partial charge is 0.292 e. The van der Waals surface area contributed by atoms with Gasteiger partial charge in [-0.15, -0.1) is 0 Å². The predicted octanol–water partition coefficient (Wildman–Crippen LogP) is -0.753. The van der Waals surface area contributed by atoms with Crippen LogP contribution in [0.4, 0.5) is 0 Å². The molecule has 0 aliphatic heterocycles. The number of nitrogens with one attached hydrogen (secondary N) is 1. The van der Waals surface area contributed by atoms with Gasteiger partial charge in [0.25, 0.3) is 5.91 Å². The SMILES string of the molecule is O=CNC(=O)C[n+]1ccccc1. The maximum Gasteiger partial charge on any atom is 0.292 e. The summed E-state index contributed by atoms with van der Waals surface area (Å²) in [6, 6.07) is 5.48. The van der Waals surface area contributed by atoms with Crippen molar-refractivity contribution in [1.29, 1.82) is 0 Å². The third kappa shape index (κ3) is 2.49. The van der Waals surface area contributed by atoms with Gasteiger partial charge in [-0.25, -0.2) is 0 Å². The Labute approximate surface area is 69.8 Å². The van der Waals surface area contributed by atoms with E-state index in [0.29, 0.717) is 6.41 Å². The number of nitrogens with zero attached hydrogens (tertiary/aromatic N) is 1. The topological polar surface area (TPSA) is 50.1 Å². The fraction of sp³-hybridized carbons (Fsp3) is 0.125.